The Morgan fingerprint density at radius 2 is 1.97 bits per heavy atom. The zero-order chi connectivity index (χ0) is 20.2. The van der Waals surface area contributed by atoms with E-state index in [1.54, 1.807) is 17.4 Å². The largest absolute Gasteiger partial charge is 0.337 e. The minimum absolute atomic E-state index is 0. The van der Waals surface area contributed by atoms with Crippen molar-refractivity contribution in [2.75, 3.05) is 11.4 Å². The van der Waals surface area contributed by atoms with Crippen LogP contribution in [0, 0.1) is 11.6 Å². The zero-order valence-electron chi connectivity index (χ0n) is 15.9. The first-order valence-corrected chi connectivity index (χ1v) is 9.97. The number of carbonyl (C=O) groups excluding carboxylic acids is 1. The maximum absolute atomic E-state index is 14.1. The van der Waals surface area contributed by atoms with Gasteiger partial charge in [0.05, 0.1) is 17.4 Å². The average Bonchev–Trinajstić information content (AvgIpc) is 3.35. The third-order valence-electron chi connectivity index (χ3n) is 4.49. The van der Waals surface area contributed by atoms with Gasteiger partial charge in [-0.15, -0.1) is 12.4 Å². The van der Waals surface area contributed by atoms with Crippen molar-refractivity contribution in [3.63, 3.8) is 0 Å². The summed E-state index contributed by atoms with van der Waals surface area (Å²) in [4.78, 5) is 22.9. The van der Waals surface area contributed by atoms with Crippen LogP contribution in [0.4, 0.5) is 13.9 Å². The van der Waals surface area contributed by atoms with Crippen LogP contribution in [0.3, 0.4) is 0 Å². The molecule has 0 bridgehead atoms. The lowest BCUT2D eigenvalue weighted by atomic mass is 10.1. The van der Waals surface area contributed by atoms with Gasteiger partial charge < -0.3 is 4.57 Å². The number of imidazole rings is 1. The molecule has 2 aromatic heterocycles. The van der Waals surface area contributed by atoms with Crippen molar-refractivity contribution in [1.82, 2.24) is 14.5 Å². The van der Waals surface area contributed by atoms with Crippen LogP contribution in [0.2, 0.25) is 0 Å². The van der Waals surface area contributed by atoms with Gasteiger partial charge in [0.1, 0.15) is 11.3 Å². The number of aromatic nitrogens is 3. The molecule has 1 amide bonds. The molecule has 0 aliphatic carbocycles. The molecule has 2 heterocycles. The minimum atomic E-state index is -0.726. The Balaban J connectivity index is 0.00000256. The van der Waals surface area contributed by atoms with Gasteiger partial charge in [-0.1, -0.05) is 41.7 Å². The van der Waals surface area contributed by atoms with Gasteiger partial charge in [-0.2, -0.15) is 0 Å². The quantitative estimate of drug-likeness (QED) is 0.405. The number of amides is 1. The molecule has 156 valence electrons. The summed E-state index contributed by atoms with van der Waals surface area (Å²) < 4.78 is 30.0. The lowest BCUT2D eigenvalue weighted by Gasteiger charge is -2.20. The molecule has 0 spiro atoms. The number of fused-ring (bicyclic) bond motifs is 1. The Morgan fingerprint density at radius 3 is 2.70 bits per heavy atom. The maximum atomic E-state index is 14.1. The molecule has 0 aliphatic heterocycles. The van der Waals surface area contributed by atoms with E-state index >= 15 is 0 Å². The summed E-state index contributed by atoms with van der Waals surface area (Å²) in [6.45, 7) is 1.09. The summed E-state index contributed by atoms with van der Waals surface area (Å²) in [6.07, 6.45) is 6.14. The fourth-order valence-corrected chi connectivity index (χ4v) is 4.13. The number of benzene rings is 2. The molecular weight excluding hydrogens is 430 g/mol. The number of halogens is 3. The van der Waals surface area contributed by atoms with Gasteiger partial charge in [-0.3, -0.25) is 9.69 Å². The van der Waals surface area contributed by atoms with Crippen molar-refractivity contribution in [2.24, 2.45) is 0 Å². The van der Waals surface area contributed by atoms with Crippen LogP contribution >= 0.6 is 23.7 Å². The molecule has 2 aromatic carbocycles. The topological polar surface area (TPSA) is 51.0 Å². The Labute approximate surface area is 182 Å². The van der Waals surface area contributed by atoms with E-state index in [0.29, 0.717) is 29.3 Å². The second-order valence-electron chi connectivity index (χ2n) is 6.59. The van der Waals surface area contributed by atoms with E-state index in [-0.39, 0.29) is 30.3 Å². The maximum Gasteiger partial charge on any atom is 0.233 e. The highest BCUT2D eigenvalue weighted by atomic mass is 35.5. The van der Waals surface area contributed by atoms with E-state index in [1.165, 1.54) is 6.07 Å². The van der Waals surface area contributed by atoms with Crippen molar-refractivity contribution < 1.29 is 13.6 Å². The molecule has 4 rings (SSSR count). The number of anilines is 1. The Morgan fingerprint density at radius 1 is 1.17 bits per heavy atom. The predicted molar refractivity (Wildman–Crippen MR) is 116 cm³/mol. The number of hydrogen-bond donors (Lipinski definition) is 0. The Bertz CT molecular complexity index is 1120. The summed E-state index contributed by atoms with van der Waals surface area (Å²) >= 11 is 1.12. The van der Waals surface area contributed by atoms with Crippen LogP contribution in [0.25, 0.3) is 10.2 Å². The minimum Gasteiger partial charge on any atom is -0.337 e. The first kappa shape index (κ1) is 21.9. The summed E-state index contributed by atoms with van der Waals surface area (Å²) in [7, 11) is 0. The molecule has 0 saturated carbocycles. The third kappa shape index (κ3) is 5.01. The molecule has 0 unspecified atom stereocenters. The highest BCUT2D eigenvalue weighted by Crippen LogP contribution is 2.31. The number of rotatable bonds is 7. The van der Waals surface area contributed by atoms with E-state index in [2.05, 4.69) is 9.97 Å². The van der Waals surface area contributed by atoms with Crippen molar-refractivity contribution in [2.45, 2.75) is 19.4 Å². The summed E-state index contributed by atoms with van der Waals surface area (Å²) in [6, 6.07) is 11.5. The standard InChI is InChI=1S/C21H18F2N4OS.ClH/c22-16-12-17(23)20-18(13-16)29-21(25-20)27(9-4-8-26-10-7-24-14-26)19(28)11-15-5-2-1-3-6-15;/h1-3,5-7,10,12-14H,4,8-9,11H2;1H. The first-order chi connectivity index (χ1) is 14.1. The van der Waals surface area contributed by atoms with Crippen LogP contribution in [0.1, 0.15) is 12.0 Å². The van der Waals surface area contributed by atoms with E-state index in [1.807, 2.05) is 41.1 Å². The number of thiazole rings is 1. The number of carbonyl (C=O) groups is 1. The molecule has 9 heteroatoms. The van der Waals surface area contributed by atoms with Crippen LogP contribution in [-0.2, 0) is 17.8 Å². The molecule has 0 N–H and O–H groups in total. The summed E-state index contributed by atoms with van der Waals surface area (Å²) in [5, 5.41) is 0.371. The monoisotopic (exact) mass is 448 g/mol. The smallest absolute Gasteiger partial charge is 0.233 e. The SMILES string of the molecule is Cl.O=C(Cc1ccccc1)N(CCCn1ccnc1)c1nc2c(F)cc(F)cc2s1. The van der Waals surface area contributed by atoms with Crippen molar-refractivity contribution >= 4 is 45.0 Å². The predicted octanol–water partition coefficient (Wildman–Crippen LogP) is 4.86. The van der Waals surface area contributed by atoms with Gasteiger partial charge in [0.15, 0.2) is 10.9 Å². The molecule has 0 radical (unpaired) electrons. The second kappa shape index (κ2) is 9.77. The molecule has 30 heavy (non-hydrogen) atoms. The second-order valence-corrected chi connectivity index (χ2v) is 7.60. The molecule has 4 aromatic rings. The molecule has 0 saturated heterocycles. The van der Waals surface area contributed by atoms with E-state index in [0.717, 1.165) is 23.0 Å². The highest BCUT2D eigenvalue weighted by Gasteiger charge is 2.21. The van der Waals surface area contributed by atoms with E-state index < -0.39 is 11.6 Å². The molecule has 0 aliphatic rings. The van der Waals surface area contributed by atoms with E-state index in [4.69, 9.17) is 0 Å². The van der Waals surface area contributed by atoms with Gasteiger partial charge in [-0.05, 0) is 18.1 Å². The van der Waals surface area contributed by atoms with Gasteiger partial charge in [-0.25, -0.2) is 18.7 Å². The third-order valence-corrected chi connectivity index (χ3v) is 5.51. The number of aryl methyl sites for hydroxylation is 1. The van der Waals surface area contributed by atoms with Crippen LogP contribution in [0.15, 0.2) is 61.2 Å². The summed E-state index contributed by atoms with van der Waals surface area (Å²) in [5.74, 6) is -1.52. The van der Waals surface area contributed by atoms with Crippen LogP contribution < -0.4 is 4.90 Å². The first-order valence-electron chi connectivity index (χ1n) is 9.16. The fourth-order valence-electron chi connectivity index (χ4n) is 3.08. The van der Waals surface area contributed by atoms with Gasteiger partial charge in [0.2, 0.25) is 5.91 Å². The average molecular weight is 449 g/mol. The highest BCUT2D eigenvalue weighted by molar-refractivity contribution is 7.22. The molecule has 0 fully saturated rings. The lowest BCUT2D eigenvalue weighted by Crippen LogP contribution is -2.33. The van der Waals surface area contributed by atoms with Gasteiger partial charge in [0, 0.05) is 31.5 Å². The number of hydrogen-bond acceptors (Lipinski definition) is 4. The van der Waals surface area contributed by atoms with Crippen molar-refractivity contribution in [1.29, 1.82) is 0 Å². The van der Waals surface area contributed by atoms with Crippen LogP contribution in [0.5, 0.6) is 0 Å². The summed E-state index contributed by atoms with van der Waals surface area (Å²) in [5.41, 5.74) is 0.967. The van der Waals surface area contributed by atoms with Gasteiger partial charge in [0.25, 0.3) is 0 Å². The molecule has 5 nitrogen and oxygen atoms in total. The van der Waals surface area contributed by atoms with Gasteiger partial charge >= 0.3 is 0 Å². The van der Waals surface area contributed by atoms with Crippen molar-refractivity contribution in [3.05, 3.63) is 78.4 Å². The molecule has 0 atom stereocenters. The fraction of sp³-hybridized carbons (Fsp3) is 0.190. The van der Waals surface area contributed by atoms with E-state index in [9.17, 15) is 13.6 Å². The Kier molecular flexibility index (Phi) is 7.12. The number of nitrogens with zero attached hydrogens (tertiary/aromatic N) is 4. The van der Waals surface area contributed by atoms with Crippen molar-refractivity contribution in [3.8, 4) is 0 Å². The normalized spacial score (nSPS) is 10.7. The Hall–Kier alpha value is -2.84. The zero-order valence-corrected chi connectivity index (χ0v) is 17.5. The van der Waals surface area contributed by atoms with Crippen LogP contribution in [-0.4, -0.2) is 27.0 Å². The lowest BCUT2D eigenvalue weighted by molar-refractivity contribution is -0.118. The molecular formula is C21H19ClF2N4OS.